The summed E-state index contributed by atoms with van der Waals surface area (Å²) in [6.07, 6.45) is 1.41. The lowest BCUT2D eigenvalue weighted by molar-refractivity contribution is 0.101. The van der Waals surface area contributed by atoms with Gasteiger partial charge in [-0.05, 0) is 43.3 Å². The SMILES string of the molecule is CC(=O)c1ccc(NC(=O)c2cc(C#N)ccn2)cc1. The molecule has 5 heteroatoms. The van der Waals surface area contributed by atoms with Crippen molar-refractivity contribution in [3.63, 3.8) is 0 Å². The van der Waals surface area contributed by atoms with Gasteiger partial charge >= 0.3 is 0 Å². The fraction of sp³-hybridized carbons (Fsp3) is 0.0667. The number of anilines is 1. The molecule has 1 heterocycles. The number of nitrogens with zero attached hydrogens (tertiary/aromatic N) is 2. The summed E-state index contributed by atoms with van der Waals surface area (Å²) in [7, 11) is 0. The third-order valence-electron chi connectivity index (χ3n) is 2.67. The standard InChI is InChI=1S/C15H11N3O2/c1-10(19)12-2-4-13(5-3-12)18-15(20)14-8-11(9-16)6-7-17-14/h2-8H,1H3,(H,18,20). The van der Waals surface area contributed by atoms with E-state index in [1.807, 2.05) is 6.07 Å². The van der Waals surface area contributed by atoms with Gasteiger partial charge in [0.1, 0.15) is 5.69 Å². The monoisotopic (exact) mass is 265 g/mol. The summed E-state index contributed by atoms with van der Waals surface area (Å²) in [6, 6.07) is 11.4. The molecule has 0 unspecified atom stereocenters. The van der Waals surface area contributed by atoms with Crippen molar-refractivity contribution < 1.29 is 9.59 Å². The largest absolute Gasteiger partial charge is 0.321 e. The highest BCUT2D eigenvalue weighted by molar-refractivity contribution is 6.03. The maximum Gasteiger partial charge on any atom is 0.274 e. The van der Waals surface area contributed by atoms with Gasteiger partial charge < -0.3 is 5.32 Å². The molecule has 1 aromatic carbocycles. The van der Waals surface area contributed by atoms with Crippen LogP contribution in [0.4, 0.5) is 5.69 Å². The van der Waals surface area contributed by atoms with Crippen molar-refractivity contribution in [2.75, 3.05) is 5.32 Å². The van der Waals surface area contributed by atoms with Crippen LogP contribution in [0, 0.1) is 11.3 Å². The topological polar surface area (TPSA) is 82.9 Å². The van der Waals surface area contributed by atoms with Crippen molar-refractivity contribution in [2.24, 2.45) is 0 Å². The molecule has 98 valence electrons. The summed E-state index contributed by atoms with van der Waals surface area (Å²) >= 11 is 0. The van der Waals surface area contributed by atoms with Crippen LogP contribution in [0.2, 0.25) is 0 Å². The van der Waals surface area contributed by atoms with Crippen molar-refractivity contribution in [1.29, 1.82) is 5.26 Å². The van der Waals surface area contributed by atoms with Gasteiger partial charge in [0.05, 0.1) is 11.6 Å². The Morgan fingerprint density at radius 2 is 1.90 bits per heavy atom. The van der Waals surface area contributed by atoms with E-state index in [2.05, 4.69) is 10.3 Å². The average Bonchev–Trinajstić information content (AvgIpc) is 2.47. The zero-order chi connectivity index (χ0) is 14.5. The lowest BCUT2D eigenvalue weighted by Crippen LogP contribution is -2.13. The molecule has 0 aliphatic carbocycles. The Morgan fingerprint density at radius 3 is 2.50 bits per heavy atom. The Balaban J connectivity index is 2.15. The first-order chi connectivity index (χ1) is 9.60. The number of hydrogen-bond acceptors (Lipinski definition) is 4. The molecule has 0 saturated heterocycles. The molecule has 0 aliphatic heterocycles. The minimum absolute atomic E-state index is 0.0359. The molecule has 0 saturated carbocycles. The predicted octanol–water partition coefficient (Wildman–Crippen LogP) is 2.41. The van der Waals surface area contributed by atoms with Crippen molar-refractivity contribution in [1.82, 2.24) is 4.98 Å². The number of carbonyl (C=O) groups excluding carboxylic acids is 2. The summed E-state index contributed by atoms with van der Waals surface area (Å²) in [5, 5.41) is 11.4. The van der Waals surface area contributed by atoms with E-state index < -0.39 is 5.91 Å². The lowest BCUT2D eigenvalue weighted by Gasteiger charge is -2.05. The zero-order valence-electron chi connectivity index (χ0n) is 10.8. The van der Waals surface area contributed by atoms with Gasteiger partial charge in [0.2, 0.25) is 0 Å². The Bertz CT molecular complexity index is 700. The molecule has 0 fully saturated rings. The van der Waals surface area contributed by atoms with Gasteiger partial charge in [-0.3, -0.25) is 14.6 Å². The van der Waals surface area contributed by atoms with E-state index in [0.717, 1.165) is 0 Å². The lowest BCUT2D eigenvalue weighted by atomic mass is 10.1. The number of carbonyl (C=O) groups is 2. The highest BCUT2D eigenvalue weighted by Crippen LogP contribution is 2.11. The van der Waals surface area contributed by atoms with E-state index in [0.29, 0.717) is 16.8 Å². The van der Waals surface area contributed by atoms with E-state index in [1.54, 1.807) is 24.3 Å². The van der Waals surface area contributed by atoms with Crippen LogP contribution in [0.5, 0.6) is 0 Å². The molecule has 0 atom stereocenters. The van der Waals surface area contributed by atoms with E-state index in [4.69, 9.17) is 5.26 Å². The van der Waals surface area contributed by atoms with Gasteiger partial charge in [0.25, 0.3) is 5.91 Å². The number of nitrogens with one attached hydrogen (secondary N) is 1. The number of nitriles is 1. The van der Waals surface area contributed by atoms with Crippen LogP contribution in [0.15, 0.2) is 42.6 Å². The second kappa shape index (κ2) is 5.76. The van der Waals surface area contributed by atoms with E-state index in [1.165, 1.54) is 25.3 Å². The van der Waals surface area contributed by atoms with Crippen molar-refractivity contribution in [3.8, 4) is 6.07 Å². The number of ketones is 1. The normalized spacial score (nSPS) is 9.60. The van der Waals surface area contributed by atoms with Gasteiger partial charge in [0, 0.05) is 17.4 Å². The van der Waals surface area contributed by atoms with Crippen LogP contribution in [-0.4, -0.2) is 16.7 Å². The Morgan fingerprint density at radius 1 is 1.20 bits per heavy atom. The first kappa shape index (κ1) is 13.4. The molecular weight excluding hydrogens is 254 g/mol. The number of pyridine rings is 1. The van der Waals surface area contributed by atoms with Gasteiger partial charge in [-0.2, -0.15) is 5.26 Å². The molecule has 20 heavy (non-hydrogen) atoms. The summed E-state index contributed by atoms with van der Waals surface area (Å²) in [6.45, 7) is 1.48. The Hall–Kier alpha value is -3.00. The molecule has 2 aromatic rings. The van der Waals surface area contributed by atoms with Crippen molar-refractivity contribution >= 4 is 17.4 Å². The molecule has 2 rings (SSSR count). The van der Waals surface area contributed by atoms with Crippen molar-refractivity contribution in [2.45, 2.75) is 6.92 Å². The fourth-order valence-corrected chi connectivity index (χ4v) is 1.61. The van der Waals surface area contributed by atoms with Crippen LogP contribution in [-0.2, 0) is 0 Å². The third-order valence-corrected chi connectivity index (χ3v) is 2.67. The Kier molecular flexibility index (Phi) is 3.87. The van der Waals surface area contributed by atoms with E-state index >= 15 is 0 Å². The number of Topliss-reactive ketones (excluding diaryl/α,β-unsaturated/α-hetero) is 1. The molecule has 0 bridgehead atoms. The van der Waals surface area contributed by atoms with Gasteiger partial charge in [0.15, 0.2) is 5.78 Å². The number of aromatic nitrogens is 1. The first-order valence-corrected chi connectivity index (χ1v) is 5.88. The van der Waals surface area contributed by atoms with Crippen LogP contribution in [0.3, 0.4) is 0 Å². The maximum atomic E-state index is 12.0. The summed E-state index contributed by atoms with van der Waals surface area (Å²) < 4.78 is 0. The molecule has 5 nitrogen and oxygen atoms in total. The van der Waals surface area contributed by atoms with Crippen LogP contribution in [0.1, 0.15) is 33.3 Å². The molecule has 1 amide bonds. The molecule has 0 radical (unpaired) electrons. The Labute approximate surface area is 115 Å². The second-order valence-electron chi connectivity index (χ2n) is 4.13. The summed E-state index contributed by atoms with van der Waals surface area (Å²) in [5.74, 6) is -0.441. The number of amides is 1. The fourth-order valence-electron chi connectivity index (χ4n) is 1.61. The number of benzene rings is 1. The molecule has 1 aromatic heterocycles. The number of hydrogen-bond donors (Lipinski definition) is 1. The van der Waals surface area contributed by atoms with Gasteiger partial charge in [-0.15, -0.1) is 0 Å². The highest BCUT2D eigenvalue weighted by Gasteiger charge is 2.08. The maximum absolute atomic E-state index is 12.0. The third kappa shape index (κ3) is 3.06. The van der Waals surface area contributed by atoms with E-state index in [9.17, 15) is 9.59 Å². The minimum Gasteiger partial charge on any atom is -0.321 e. The predicted molar refractivity (Wildman–Crippen MR) is 73.4 cm³/mol. The molecule has 1 N–H and O–H groups in total. The van der Waals surface area contributed by atoms with Crippen molar-refractivity contribution in [3.05, 3.63) is 59.4 Å². The summed E-state index contributed by atoms with van der Waals surface area (Å²) in [5.41, 5.74) is 1.67. The summed E-state index contributed by atoms with van der Waals surface area (Å²) in [4.78, 5) is 27.0. The molecule has 0 aliphatic rings. The smallest absolute Gasteiger partial charge is 0.274 e. The minimum atomic E-state index is -0.405. The van der Waals surface area contributed by atoms with Gasteiger partial charge in [-0.1, -0.05) is 0 Å². The number of rotatable bonds is 3. The second-order valence-corrected chi connectivity index (χ2v) is 4.13. The van der Waals surface area contributed by atoms with Crippen LogP contribution >= 0.6 is 0 Å². The highest BCUT2D eigenvalue weighted by atomic mass is 16.2. The molecular formula is C15H11N3O2. The molecule has 0 spiro atoms. The van der Waals surface area contributed by atoms with E-state index in [-0.39, 0.29) is 11.5 Å². The van der Waals surface area contributed by atoms with Gasteiger partial charge in [-0.25, -0.2) is 0 Å². The first-order valence-electron chi connectivity index (χ1n) is 5.88. The average molecular weight is 265 g/mol. The quantitative estimate of drug-likeness (QED) is 0.864. The zero-order valence-corrected chi connectivity index (χ0v) is 10.8. The van der Waals surface area contributed by atoms with Crippen LogP contribution in [0.25, 0.3) is 0 Å². The van der Waals surface area contributed by atoms with Crippen LogP contribution < -0.4 is 5.32 Å².